The van der Waals surface area contributed by atoms with Gasteiger partial charge in [-0.1, -0.05) is 74.2 Å². The Labute approximate surface area is 234 Å². The molecule has 8 nitrogen and oxygen atoms in total. The summed E-state index contributed by atoms with van der Waals surface area (Å²) in [5.41, 5.74) is -0.350. The molecule has 0 fully saturated rings. The van der Waals surface area contributed by atoms with Gasteiger partial charge in [-0.05, 0) is 31.9 Å². The van der Waals surface area contributed by atoms with E-state index in [1.165, 1.54) is 6.92 Å². The van der Waals surface area contributed by atoms with Crippen LogP contribution in [0.15, 0.2) is 18.2 Å². The summed E-state index contributed by atoms with van der Waals surface area (Å²) in [4.78, 5) is 40.2. The fourth-order valence-corrected chi connectivity index (χ4v) is 7.20. The summed E-state index contributed by atoms with van der Waals surface area (Å²) in [6.07, 6.45) is 2.68. The molecule has 0 saturated heterocycles. The fourth-order valence-electron chi connectivity index (χ4n) is 4.19. The number of amides is 2. The molecule has 36 heavy (non-hydrogen) atoms. The number of carboxylic acids is 1. The Hall–Kier alpha value is -1.02. The van der Waals surface area contributed by atoms with Crippen LogP contribution in [0.25, 0.3) is 0 Å². The molecule has 0 spiro atoms. The van der Waals surface area contributed by atoms with Gasteiger partial charge in [0, 0.05) is 40.2 Å². The molecule has 0 radical (unpaired) electrons. The second kappa shape index (κ2) is 16.1. The Morgan fingerprint density at radius 3 is 2.19 bits per heavy atom. The van der Waals surface area contributed by atoms with Gasteiger partial charge >= 0.3 is 5.97 Å². The van der Waals surface area contributed by atoms with Crippen molar-refractivity contribution >= 4 is 57.7 Å². The first kappa shape index (κ1) is 35.0. The molecule has 1 unspecified atom stereocenters. The number of halogens is 1. The first-order valence-electron chi connectivity index (χ1n) is 12.5. The Morgan fingerprint density at radius 2 is 1.75 bits per heavy atom. The van der Waals surface area contributed by atoms with Crippen LogP contribution >= 0.6 is 21.0 Å². The molecule has 0 heterocycles. The third-order valence-electron chi connectivity index (χ3n) is 6.44. The van der Waals surface area contributed by atoms with Crippen molar-refractivity contribution in [1.82, 2.24) is 19.1 Å². The van der Waals surface area contributed by atoms with Crippen LogP contribution in [0.1, 0.15) is 61.8 Å². The van der Waals surface area contributed by atoms with Crippen molar-refractivity contribution in [3.8, 4) is 0 Å². The highest BCUT2D eigenvalue weighted by Gasteiger charge is 2.41. The van der Waals surface area contributed by atoms with Gasteiger partial charge in [-0.15, -0.1) is 0 Å². The van der Waals surface area contributed by atoms with Crippen LogP contribution in [0.5, 0.6) is 0 Å². The number of carboxylic acid groups (broad SMARTS) is 1. The molecule has 10 heteroatoms. The molecule has 0 rings (SSSR count). The first-order valence-corrected chi connectivity index (χ1v) is 16.4. The summed E-state index contributed by atoms with van der Waals surface area (Å²) in [6, 6.07) is -1.58. The molecule has 0 aliphatic rings. The smallest absolute Gasteiger partial charge is 0.331 e. The Morgan fingerprint density at radius 1 is 1.17 bits per heavy atom. The molecule has 206 valence electrons. The molecular formula is C26H48AlIN4O4. The molecule has 0 aromatic heterocycles. The van der Waals surface area contributed by atoms with Crippen LogP contribution < -0.4 is 14.2 Å². The lowest BCUT2D eigenvalue weighted by Crippen LogP contribution is -2.60. The second-order valence-electron chi connectivity index (χ2n) is 11.4. The number of carbonyl (C=O) groups is 3. The van der Waals surface area contributed by atoms with Crippen molar-refractivity contribution in [2.24, 2.45) is 11.3 Å². The number of carbonyl (C=O) groups excluding carboxylic acids is 2. The highest BCUT2D eigenvalue weighted by Crippen LogP contribution is 2.31. The number of aliphatic carboxylic acids is 1. The average molecular weight is 635 g/mol. The van der Waals surface area contributed by atoms with Crippen molar-refractivity contribution in [3.05, 3.63) is 18.2 Å². The number of hydrogen-bond donors (Lipinski definition) is 4. The van der Waals surface area contributed by atoms with Crippen molar-refractivity contribution in [2.75, 3.05) is 20.6 Å². The van der Waals surface area contributed by atoms with E-state index in [0.717, 1.165) is 18.2 Å². The van der Waals surface area contributed by atoms with Crippen LogP contribution in [0.2, 0.25) is 9.56 Å². The van der Waals surface area contributed by atoms with Crippen LogP contribution in [0.3, 0.4) is 0 Å². The Kier molecular flexibility index (Phi) is 15.6. The van der Waals surface area contributed by atoms with E-state index >= 15 is 0 Å². The number of nitrogens with one attached hydrogen (secondary N) is 3. The molecular weight excluding hydrogens is 586 g/mol. The van der Waals surface area contributed by atoms with E-state index in [2.05, 4.69) is 38.3 Å². The maximum absolute atomic E-state index is 13.7. The third-order valence-corrected chi connectivity index (χ3v) is 10.3. The molecule has 0 aromatic rings. The number of hydrogen-bond acceptors (Lipinski definition) is 5. The topological polar surface area (TPSA) is 111 Å². The van der Waals surface area contributed by atoms with E-state index < -0.39 is 44.7 Å². The van der Waals surface area contributed by atoms with E-state index in [1.807, 2.05) is 34.6 Å². The quantitative estimate of drug-likeness (QED) is 0.0725. The van der Waals surface area contributed by atoms with Crippen LogP contribution in [0, 0.1) is 11.3 Å². The maximum atomic E-state index is 13.7. The molecule has 0 aliphatic carbocycles. The number of nitrogens with zero attached hydrogens (tertiary/aromatic N) is 1. The molecule has 0 aliphatic heterocycles. The monoisotopic (exact) mass is 634 g/mol. The van der Waals surface area contributed by atoms with Crippen LogP contribution in [0.4, 0.5) is 0 Å². The zero-order chi connectivity index (χ0) is 28.3. The van der Waals surface area contributed by atoms with Crippen LogP contribution in [-0.2, 0) is 14.4 Å². The molecule has 3 atom stereocenters. The average Bonchev–Trinajstić information content (AvgIpc) is 2.76. The summed E-state index contributed by atoms with van der Waals surface area (Å²) in [7, 11) is 3.47. The van der Waals surface area contributed by atoms with Gasteiger partial charge in [-0.3, -0.25) is 13.1 Å². The lowest BCUT2D eigenvalue weighted by atomic mass is 9.84. The Bertz CT molecular complexity index is 832. The summed E-state index contributed by atoms with van der Waals surface area (Å²) >= 11 is -0.827. The molecule has 2 amide bonds. The van der Waals surface area contributed by atoms with E-state index in [4.69, 9.17) is 0 Å². The standard InChI is InChI=1S/C21H38N3O4.C5H9IN.Al.H/c1-12(2)15(11-14(5)20(27)28)24(10)19(26)17(21(6,7)8)23-18(25)16(22-9)13(3)4;1-3-5-7-6-4-2;;/h11-12,15-17,22H,1-10H3,(H,23,25)(H,27,28);7H,1-3,5H2;;/b14-11+;;;/t15-,16?,17-;;;/m1.../s1. The summed E-state index contributed by atoms with van der Waals surface area (Å²) in [5.74, 6) is -1.43. The lowest BCUT2D eigenvalue weighted by molar-refractivity contribution is -0.140. The van der Waals surface area contributed by atoms with Gasteiger partial charge in [-0.2, -0.15) is 0 Å². The molecule has 4 N–H and O–H groups in total. The predicted octanol–water partition coefficient (Wildman–Crippen LogP) is 3.13. The van der Waals surface area contributed by atoms with Gasteiger partial charge in [0.15, 0.2) is 0 Å². The van der Waals surface area contributed by atoms with Gasteiger partial charge in [-0.25, -0.2) is 4.79 Å². The summed E-state index contributed by atoms with van der Waals surface area (Å²) in [6.45, 7) is 20.1. The number of rotatable bonds is 15. The van der Waals surface area contributed by atoms with Gasteiger partial charge in [0.1, 0.15) is 6.04 Å². The van der Waals surface area contributed by atoms with Crippen molar-refractivity contribution in [2.45, 2.75) is 89.5 Å². The van der Waals surface area contributed by atoms with Crippen molar-refractivity contribution in [3.63, 3.8) is 0 Å². The van der Waals surface area contributed by atoms with Gasteiger partial charge < -0.3 is 20.6 Å². The molecule has 0 bridgehead atoms. The van der Waals surface area contributed by atoms with Gasteiger partial charge in [0.25, 0.3) is 0 Å². The van der Waals surface area contributed by atoms with E-state index in [9.17, 15) is 19.5 Å². The lowest BCUT2D eigenvalue weighted by Gasteiger charge is -2.39. The van der Waals surface area contributed by atoms with Gasteiger partial charge in [0.05, 0.1) is 12.1 Å². The number of likely N-dealkylation sites (N-methyl/N-ethyl adjacent to an activating group) is 2. The minimum atomic E-state index is -1.01. The Balaban J connectivity index is 5.72. The summed E-state index contributed by atoms with van der Waals surface area (Å²) in [5, 5.41) is 16.7. The second-order valence-corrected chi connectivity index (χ2v) is 16.5. The minimum absolute atomic E-state index is 0.000493. The largest absolute Gasteiger partial charge is 0.478 e. The summed E-state index contributed by atoms with van der Waals surface area (Å²) < 4.78 is 6.12. The zero-order valence-electron chi connectivity index (χ0n) is 23.9. The van der Waals surface area contributed by atoms with Crippen molar-refractivity contribution < 1.29 is 19.5 Å². The predicted molar refractivity (Wildman–Crippen MR) is 160 cm³/mol. The highest BCUT2D eigenvalue weighted by molar-refractivity contribution is 14.2. The van der Waals surface area contributed by atoms with Crippen molar-refractivity contribution in [1.29, 1.82) is 0 Å². The van der Waals surface area contributed by atoms with E-state index in [-0.39, 0.29) is 48.6 Å². The van der Waals surface area contributed by atoms with Crippen LogP contribution in [-0.4, -0.2) is 85.4 Å². The fraction of sp³-hybridized carbons (Fsp3) is 0.731. The van der Waals surface area contributed by atoms with E-state index in [1.54, 1.807) is 25.1 Å². The van der Waals surface area contributed by atoms with E-state index in [0.29, 0.717) is 0 Å². The highest BCUT2D eigenvalue weighted by atomic mass is 127. The normalized spacial score (nSPS) is 15.0. The maximum Gasteiger partial charge on any atom is 0.331 e. The SMILES string of the molecule is C=C=INCC[CH2][AlH][C](C)(C)C(NC)C(=O)N[C@H](C(=O)N(C)[C@H](/C=C(\C)C(=O)O)C(C)C)C(C)(C)C. The third kappa shape index (κ3) is 11.6. The zero-order valence-corrected chi connectivity index (χ0v) is 27.5. The first-order chi connectivity index (χ1) is 16.5. The molecule has 0 aromatic carbocycles. The van der Waals surface area contributed by atoms with Gasteiger partial charge in [0.2, 0.25) is 27.0 Å². The molecule has 0 saturated carbocycles. The minimum Gasteiger partial charge on any atom is -0.478 e.